The van der Waals surface area contributed by atoms with Gasteiger partial charge < -0.3 is 4.98 Å². The summed E-state index contributed by atoms with van der Waals surface area (Å²) in [5.41, 5.74) is -1.83. The lowest BCUT2D eigenvalue weighted by Gasteiger charge is -2.15. The van der Waals surface area contributed by atoms with Gasteiger partial charge in [0, 0.05) is 10.6 Å². The third-order valence-electron chi connectivity index (χ3n) is 4.25. The number of alkyl halides is 3. The number of amides is 2. The second-order valence-electron chi connectivity index (χ2n) is 5.91. The lowest BCUT2D eigenvalue weighted by molar-refractivity contribution is -0.141. The van der Waals surface area contributed by atoms with Gasteiger partial charge in [0.15, 0.2) is 0 Å². The monoisotopic (exact) mass is 390 g/mol. The highest BCUT2D eigenvalue weighted by atomic mass is 35.5. The fourth-order valence-electron chi connectivity index (χ4n) is 3.13. The SMILES string of the molecule is O=C1c2c(-c3cccc(Cl)c3)[nH]c(C(F)(F)F)c2C(=O)N1c1ccccc1. The van der Waals surface area contributed by atoms with Crippen LogP contribution in [0.3, 0.4) is 0 Å². The standard InChI is InChI=1S/C19H10ClF3N2O2/c20-11-6-4-5-10(9-11)15-13-14(16(24-15)19(21,22)23)18(27)25(17(13)26)12-7-2-1-3-8-12/h1-9,24H. The van der Waals surface area contributed by atoms with Crippen LogP contribution in [-0.4, -0.2) is 16.8 Å². The fraction of sp³-hybridized carbons (Fsp3) is 0.0526. The molecule has 0 saturated heterocycles. The quantitative estimate of drug-likeness (QED) is 0.615. The number of hydrogen-bond acceptors (Lipinski definition) is 2. The molecule has 2 aromatic carbocycles. The molecule has 1 aliphatic rings. The number of nitrogens with zero attached hydrogens (tertiary/aromatic N) is 1. The summed E-state index contributed by atoms with van der Waals surface area (Å²) in [6.45, 7) is 0. The number of hydrogen-bond donors (Lipinski definition) is 1. The molecule has 0 radical (unpaired) electrons. The van der Waals surface area contributed by atoms with Crippen molar-refractivity contribution in [3.05, 3.63) is 76.4 Å². The van der Waals surface area contributed by atoms with Gasteiger partial charge in [0.2, 0.25) is 0 Å². The number of H-pyrrole nitrogens is 1. The predicted molar refractivity (Wildman–Crippen MR) is 93.8 cm³/mol. The molecule has 2 amide bonds. The first-order chi connectivity index (χ1) is 12.8. The van der Waals surface area contributed by atoms with Gasteiger partial charge in [0.1, 0.15) is 5.69 Å². The third kappa shape index (κ3) is 2.71. The van der Waals surface area contributed by atoms with E-state index < -0.39 is 29.2 Å². The molecule has 27 heavy (non-hydrogen) atoms. The number of carbonyl (C=O) groups is 2. The molecular weight excluding hydrogens is 381 g/mol. The lowest BCUT2D eigenvalue weighted by atomic mass is 10.1. The summed E-state index contributed by atoms with van der Waals surface area (Å²) in [7, 11) is 0. The van der Waals surface area contributed by atoms with Gasteiger partial charge in [-0.3, -0.25) is 9.59 Å². The Labute approximate surface area is 156 Å². The first-order valence-corrected chi connectivity index (χ1v) is 8.20. The van der Waals surface area contributed by atoms with E-state index in [4.69, 9.17) is 11.6 Å². The fourth-order valence-corrected chi connectivity index (χ4v) is 3.32. The number of anilines is 1. The van der Waals surface area contributed by atoms with Crippen LogP contribution >= 0.6 is 11.6 Å². The predicted octanol–water partition coefficient (Wildman–Crippen LogP) is 5.15. The molecule has 0 spiro atoms. The van der Waals surface area contributed by atoms with Gasteiger partial charge in [-0.2, -0.15) is 13.2 Å². The van der Waals surface area contributed by atoms with E-state index in [1.54, 1.807) is 30.3 Å². The molecule has 4 rings (SSSR count). The van der Waals surface area contributed by atoms with E-state index in [9.17, 15) is 22.8 Å². The van der Waals surface area contributed by atoms with Crippen LogP contribution in [0.4, 0.5) is 18.9 Å². The average molecular weight is 391 g/mol. The molecule has 1 aliphatic heterocycles. The normalized spacial score (nSPS) is 14.0. The molecule has 8 heteroatoms. The molecule has 1 aromatic heterocycles. The van der Waals surface area contributed by atoms with Crippen LogP contribution in [0.15, 0.2) is 54.6 Å². The number of aromatic nitrogens is 1. The Morgan fingerprint density at radius 3 is 2.19 bits per heavy atom. The molecule has 136 valence electrons. The molecule has 0 unspecified atom stereocenters. The van der Waals surface area contributed by atoms with Crippen molar-refractivity contribution in [2.75, 3.05) is 4.90 Å². The van der Waals surface area contributed by atoms with E-state index in [-0.39, 0.29) is 22.5 Å². The highest BCUT2D eigenvalue weighted by Gasteiger charge is 2.49. The number of para-hydroxylation sites is 1. The topological polar surface area (TPSA) is 53.2 Å². The molecule has 2 heterocycles. The summed E-state index contributed by atoms with van der Waals surface area (Å²) < 4.78 is 40.6. The van der Waals surface area contributed by atoms with Crippen molar-refractivity contribution < 1.29 is 22.8 Å². The van der Waals surface area contributed by atoms with Crippen molar-refractivity contribution >= 4 is 29.1 Å². The highest BCUT2D eigenvalue weighted by molar-refractivity contribution is 6.37. The number of fused-ring (bicyclic) bond motifs is 1. The average Bonchev–Trinajstić information content (AvgIpc) is 3.13. The number of carbonyl (C=O) groups excluding carboxylic acids is 2. The maximum Gasteiger partial charge on any atom is 0.432 e. The van der Waals surface area contributed by atoms with Crippen LogP contribution in [0.1, 0.15) is 26.4 Å². The van der Waals surface area contributed by atoms with E-state index in [0.29, 0.717) is 5.02 Å². The van der Waals surface area contributed by atoms with Crippen molar-refractivity contribution in [1.82, 2.24) is 4.98 Å². The van der Waals surface area contributed by atoms with Crippen LogP contribution in [0.5, 0.6) is 0 Å². The van der Waals surface area contributed by atoms with Crippen molar-refractivity contribution in [2.24, 2.45) is 0 Å². The van der Waals surface area contributed by atoms with E-state index in [1.165, 1.54) is 24.3 Å². The Morgan fingerprint density at radius 1 is 0.889 bits per heavy atom. The van der Waals surface area contributed by atoms with Gasteiger partial charge in [-0.25, -0.2) is 4.90 Å². The Hall–Kier alpha value is -3.06. The minimum absolute atomic E-state index is 0.0865. The molecule has 0 fully saturated rings. The van der Waals surface area contributed by atoms with Crippen LogP contribution in [0.2, 0.25) is 5.02 Å². The van der Waals surface area contributed by atoms with Gasteiger partial charge in [0.25, 0.3) is 11.8 Å². The molecule has 0 atom stereocenters. The van der Waals surface area contributed by atoms with E-state index in [1.807, 2.05) is 0 Å². The number of nitrogens with one attached hydrogen (secondary N) is 1. The zero-order valence-electron chi connectivity index (χ0n) is 13.5. The van der Waals surface area contributed by atoms with E-state index in [0.717, 1.165) is 4.90 Å². The molecule has 0 bridgehead atoms. The Bertz CT molecular complexity index is 1070. The first-order valence-electron chi connectivity index (χ1n) is 7.82. The minimum atomic E-state index is -4.83. The van der Waals surface area contributed by atoms with Crippen molar-refractivity contribution in [3.8, 4) is 11.3 Å². The van der Waals surface area contributed by atoms with Gasteiger partial charge in [0.05, 0.1) is 22.5 Å². The molecular formula is C19H10ClF3N2O2. The number of halogens is 4. The maximum absolute atomic E-state index is 13.5. The zero-order chi connectivity index (χ0) is 19.3. The summed E-state index contributed by atoms with van der Waals surface area (Å²) in [6.07, 6.45) is -4.83. The second kappa shape index (κ2) is 5.99. The highest BCUT2D eigenvalue weighted by Crippen LogP contribution is 2.43. The molecule has 1 N–H and O–H groups in total. The Balaban J connectivity index is 1.97. The third-order valence-corrected chi connectivity index (χ3v) is 4.48. The molecule has 4 nitrogen and oxygen atoms in total. The van der Waals surface area contributed by atoms with E-state index >= 15 is 0 Å². The van der Waals surface area contributed by atoms with Gasteiger partial charge >= 0.3 is 6.18 Å². The number of rotatable bonds is 2. The van der Waals surface area contributed by atoms with Crippen LogP contribution in [0, 0.1) is 0 Å². The summed E-state index contributed by atoms with van der Waals surface area (Å²) in [5.74, 6) is -1.83. The van der Waals surface area contributed by atoms with E-state index in [2.05, 4.69) is 4.98 Å². The van der Waals surface area contributed by atoms with Gasteiger partial charge in [-0.15, -0.1) is 0 Å². The minimum Gasteiger partial charge on any atom is -0.350 e. The smallest absolute Gasteiger partial charge is 0.350 e. The lowest BCUT2D eigenvalue weighted by Crippen LogP contribution is -2.30. The van der Waals surface area contributed by atoms with Crippen LogP contribution in [0.25, 0.3) is 11.3 Å². The summed E-state index contributed by atoms with van der Waals surface area (Å²) in [5, 5.41) is 0.293. The molecule has 0 saturated carbocycles. The summed E-state index contributed by atoms with van der Waals surface area (Å²) in [4.78, 5) is 28.6. The van der Waals surface area contributed by atoms with Crippen LogP contribution in [-0.2, 0) is 6.18 Å². The summed E-state index contributed by atoms with van der Waals surface area (Å²) in [6, 6.07) is 13.9. The summed E-state index contributed by atoms with van der Waals surface area (Å²) >= 11 is 5.93. The number of aromatic amines is 1. The van der Waals surface area contributed by atoms with Gasteiger partial charge in [-0.05, 0) is 24.3 Å². The largest absolute Gasteiger partial charge is 0.432 e. The number of imide groups is 1. The zero-order valence-corrected chi connectivity index (χ0v) is 14.2. The molecule has 3 aromatic rings. The Morgan fingerprint density at radius 2 is 1.56 bits per heavy atom. The Kier molecular flexibility index (Phi) is 3.85. The first kappa shape index (κ1) is 17.4. The van der Waals surface area contributed by atoms with Crippen molar-refractivity contribution in [2.45, 2.75) is 6.18 Å². The second-order valence-corrected chi connectivity index (χ2v) is 6.35. The number of benzene rings is 2. The molecule has 0 aliphatic carbocycles. The van der Waals surface area contributed by atoms with Gasteiger partial charge in [-0.1, -0.05) is 41.9 Å². The van der Waals surface area contributed by atoms with Crippen molar-refractivity contribution in [3.63, 3.8) is 0 Å². The van der Waals surface area contributed by atoms with Crippen molar-refractivity contribution in [1.29, 1.82) is 0 Å². The van der Waals surface area contributed by atoms with Crippen LogP contribution < -0.4 is 4.90 Å². The maximum atomic E-state index is 13.5.